The fourth-order valence-electron chi connectivity index (χ4n) is 3.19. The van der Waals surface area contributed by atoms with Gasteiger partial charge >= 0.3 is 0 Å². The summed E-state index contributed by atoms with van der Waals surface area (Å²) < 4.78 is 5.82. The molecule has 1 aromatic rings. The maximum Gasteiger partial charge on any atom is 0.223 e. The first-order valence-electron chi connectivity index (χ1n) is 8.01. The number of aliphatic hydroxyl groups is 1. The molecule has 0 aliphatic heterocycles. The molecule has 1 aromatic carbocycles. The summed E-state index contributed by atoms with van der Waals surface area (Å²) in [6.45, 7) is 0.621. The molecule has 6 heteroatoms. The number of hydrogen-bond donors (Lipinski definition) is 3. The highest BCUT2D eigenvalue weighted by Crippen LogP contribution is 2.28. The second-order valence-electron chi connectivity index (χ2n) is 6.50. The molecule has 0 unspecified atom stereocenters. The number of carbonyl (C=O) groups excluding carboxylic acids is 1. The minimum Gasteiger partial charge on any atom is -0.391 e. The van der Waals surface area contributed by atoms with Crippen LogP contribution in [-0.2, 0) is 16.1 Å². The molecule has 0 radical (unpaired) electrons. The number of halogens is 1. The number of rotatable bonds is 5. The van der Waals surface area contributed by atoms with E-state index in [9.17, 15) is 9.90 Å². The average Bonchev–Trinajstić information content (AvgIpc) is 2.82. The van der Waals surface area contributed by atoms with Crippen molar-refractivity contribution < 1.29 is 14.6 Å². The lowest BCUT2D eigenvalue weighted by Gasteiger charge is -2.36. The van der Waals surface area contributed by atoms with Crippen LogP contribution in [0.4, 0.5) is 0 Å². The monoisotopic (exact) mass is 340 g/mol. The van der Waals surface area contributed by atoms with Gasteiger partial charge in [0.15, 0.2) is 0 Å². The van der Waals surface area contributed by atoms with Gasteiger partial charge in [-0.05, 0) is 31.2 Å². The number of aliphatic hydroxyl groups excluding tert-OH is 1. The van der Waals surface area contributed by atoms with Gasteiger partial charge in [-0.2, -0.15) is 0 Å². The van der Waals surface area contributed by atoms with E-state index < -0.39 is 6.10 Å². The van der Waals surface area contributed by atoms with Gasteiger partial charge in [-0.1, -0.05) is 30.3 Å². The molecular formula is C17H25ClN2O3. The molecule has 4 N–H and O–H groups in total. The predicted molar refractivity (Wildman–Crippen MR) is 90.1 cm³/mol. The molecule has 3 rings (SSSR count). The molecule has 128 valence electrons. The van der Waals surface area contributed by atoms with Crippen molar-refractivity contribution in [2.45, 2.75) is 56.6 Å². The van der Waals surface area contributed by atoms with Crippen molar-refractivity contribution in [1.29, 1.82) is 0 Å². The minimum absolute atomic E-state index is 0. The highest BCUT2D eigenvalue weighted by molar-refractivity contribution is 5.85. The second kappa shape index (κ2) is 8.11. The molecule has 5 nitrogen and oxygen atoms in total. The van der Waals surface area contributed by atoms with Gasteiger partial charge in [0.2, 0.25) is 5.91 Å². The molecule has 0 spiro atoms. The van der Waals surface area contributed by atoms with Crippen LogP contribution >= 0.6 is 12.4 Å². The zero-order chi connectivity index (χ0) is 15.5. The number of ether oxygens (including phenoxy) is 1. The van der Waals surface area contributed by atoms with Crippen LogP contribution in [0.2, 0.25) is 0 Å². The number of nitrogens with one attached hydrogen (secondary N) is 1. The summed E-state index contributed by atoms with van der Waals surface area (Å²) in [7, 11) is 0. The topological polar surface area (TPSA) is 84.6 Å². The number of hydrogen-bond acceptors (Lipinski definition) is 4. The molecule has 1 amide bonds. The molecule has 2 fully saturated rings. The molecule has 3 atom stereocenters. The van der Waals surface area contributed by atoms with Crippen LogP contribution in [0.1, 0.15) is 31.2 Å². The third-order valence-electron chi connectivity index (χ3n) is 4.72. The van der Waals surface area contributed by atoms with E-state index in [-0.39, 0.29) is 42.4 Å². The Labute approximate surface area is 143 Å². The third-order valence-corrected chi connectivity index (χ3v) is 4.72. The first-order chi connectivity index (χ1) is 10.6. The van der Waals surface area contributed by atoms with E-state index in [2.05, 4.69) is 5.32 Å². The Morgan fingerprint density at radius 3 is 2.52 bits per heavy atom. The number of nitrogens with two attached hydrogens (primary N) is 1. The Kier molecular flexibility index (Phi) is 6.41. The van der Waals surface area contributed by atoms with Crippen molar-refractivity contribution in [1.82, 2.24) is 5.32 Å². The van der Waals surface area contributed by atoms with Crippen molar-refractivity contribution in [2.24, 2.45) is 11.7 Å². The molecule has 2 aliphatic rings. The van der Waals surface area contributed by atoms with Gasteiger partial charge in [0.1, 0.15) is 0 Å². The molecule has 0 heterocycles. The highest BCUT2D eigenvalue weighted by atomic mass is 35.5. The summed E-state index contributed by atoms with van der Waals surface area (Å²) in [5.41, 5.74) is 6.92. The van der Waals surface area contributed by atoms with E-state index in [4.69, 9.17) is 10.5 Å². The molecule has 2 saturated carbocycles. The maximum atomic E-state index is 12.1. The zero-order valence-corrected chi connectivity index (χ0v) is 13.9. The van der Waals surface area contributed by atoms with E-state index in [1.165, 1.54) is 5.56 Å². The Morgan fingerprint density at radius 2 is 1.91 bits per heavy atom. The van der Waals surface area contributed by atoms with Crippen LogP contribution in [0.5, 0.6) is 0 Å². The van der Waals surface area contributed by atoms with Gasteiger partial charge in [-0.25, -0.2) is 0 Å². The maximum absolute atomic E-state index is 12.1. The van der Waals surface area contributed by atoms with Gasteiger partial charge in [0, 0.05) is 18.0 Å². The average molecular weight is 341 g/mol. The molecule has 2 aliphatic carbocycles. The Morgan fingerprint density at radius 1 is 1.22 bits per heavy atom. The first-order valence-corrected chi connectivity index (χ1v) is 8.01. The predicted octanol–water partition coefficient (Wildman–Crippen LogP) is 1.37. The zero-order valence-electron chi connectivity index (χ0n) is 13.1. The highest BCUT2D eigenvalue weighted by Gasteiger charge is 2.37. The van der Waals surface area contributed by atoms with Crippen LogP contribution in [0, 0.1) is 5.92 Å². The van der Waals surface area contributed by atoms with E-state index in [1.807, 2.05) is 30.3 Å². The van der Waals surface area contributed by atoms with Crippen LogP contribution in [-0.4, -0.2) is 35.3 Å². The standard InChI is InChI=1S/C17H24N2O3.ClH/c18-15-6-12(7-16(15)20)17(21)19-13-8-14(9-13)22-10-11-4-2-1-3-5-11;/h1-5,12-16,20H,6-10,18H2,(H,19,21);1H/t12-,13?,14?,15+,16+;/m0./s1. The summed E-state index contributed by atoms with van der Waals surface area (Å²) >= 11 is 0. The number of amides is 1. The van der Waals surface area contributed by atoms with Crippen LogP contribution in [0.15, 0.2) is 30.3 Å². The number of carbonyl (C=O) groups is 1. The Balaban J connectivity index is 0.00000192. The lowest BCUT2D eigenvalue weighted by atomic mass is 9.88. The van der Waals surface area contributed by atoms with E-state index >= 15 is 0 Å². The van der Waals surface area contributed by atoms with E-state index in [1.54, 1.807) is 0 Å². The van der Waals surface area contributed by atoms with Crippen LogP contribution < -0.4 is 11.1 Å². The quantitative estimate of drug-likeness (QED) is 0.756. The van der Waals surface area contributed by atoms with E-state index in [0.29, 0.717) is 19.4 Å². The molecule has 0 saturated heterocycles. The van der Waals surface area contributed by atoms with Crippen molar-refractivity contribution in [3.8, 4) is 0 Å². The summed E-state index contributed by atoms with van der Waals surface area (Å²) in [5, 5.41) is 12.7. The smallest absolute Gasteiger partial charge is 0.223 e. The summed E-state index contributed by atoms with van der Waals surface area (Å²) in [6, 6.07) is 10.0. The largest absolute Gasteiger partial charge is 0.391 e. The van der Waals surface area contributed by atoms with Gasteiger partial charge in [0.05, 0.1) is 18.8 Å². The molecule has 23 heavy (non-hydrogen) atoms. The van der Waals surface area contributed by atoms with Crippen molar-refractivity contribution >= 4 is 18.3 Å². The van der Waals surface area contributed by atoms with E-state index in [0.717, 1.165) is 12.8 Å². The normalized spacial score (nSPS) is 32.7. The fourth-order valence-corrected chi connectivity index (χ4v) is 3.19. The Bertz CT molecular complexity index is 498. The lowest BCUT2D eigenvalue weighted by Crippen LogP contribution is -2.49. The molecule has 0 bridgehead atoms. The molecule has 0 aromatic heterocycles. The summed E-state index contributed by atoms with van der Waals surface area (Å²) in [6.07, 6.45) is 2.46. The summed E-state index contributed by atoms with van der Waals surface area (Å²) in [4.78, 5) is 12.1. The Hall–Kier alpha value is -1.14. The van der Waals surface area contributed by atoms with Crippen LogP contribution in [0.25, 0.3) is 0 Å². The third kappa shape index (κ3) is 4.67. The lowest BCUT2D eigenvalue weighted by molar-refractivity contribution is -0.127. The number of benzene rings is 1. The fraction of sp³-hybridized carbons (Fsp3) is 0.588. The second-order valence-corrected chi connectivity index (χ2v) is 6.50. The molecular weight excluding hydrogens is 316 g/mol. The van der Waals surface area contributed by atoms with Crippen molar-refractivity contribution in [2.75, 3.05) is 0 Å². The van der Waals surface area contributed by atoms with Gasteiger partial charge in [-0.3, -0.25) is 4.79 Å². The van der Waals surface area contributed by atoms with Crippen molar-refractivity contribution in [3.63, 3.8) is 0 Å². The minimum atomic E-state index is -0.543. The first kappa shape index (κ1) is 18.2. The SMILES string of the molecule is Cl.N[C@@H]1C[C@H](C(=O)NC2CC(OCc3ccccc3)C2)C[C@H]1O. The van der Waals surface area contributed by atoms with Gasteiger partial charge in [-0.15, -0.1) is 12.4 Å². The van der Waals surface area contributed by atoms with Gasteiger partial charge < -0.3 is 20.9 Å². The summed E-state index contributed by atoms with van der Waals surface area (Å²) in [5.74, 6) is -0.118. The van der Waals surface area contributed by atoms with Gasteiger partial charge in [0.25, 0.3) is 0 Å². The van der Waals surface area contributed by atoms with Crippen molar-refractivity contribution in [3.05, 3.63) is 35.9 Å². The van der Waals surface area contributed by atoms with Crippen LogP contribution in [0.3, 0.4) is 0 Å².